The number of hydrogen-bond acceptors (Lipinski definition) is 3. The molecule has 0 aliphatic rings. The first-order valence-corrected chi connectivity index (χ1v) is 3.67. The molecule has 1 aromatic heterocycles. The SMILES string of the molecule is C[C@@H](OC(=O)n1ccnc1)C(F)(F)F. The molecule has 0 saturated heterocycles. The maximum atomic E-state index is 11.9. The lowest BCUT2D eigenvalue weighted by Crippen LogP contribution is -2.32. The van der Waals surface area contributed by atoms with Gasteiger partial charge >= 0.3 is 12.3 Å². The van der Waals surface area contributed by atoms with Gasteiger partial charge in [-0.15, -0.1) is 0 Å². The summed E-state index contributed by atoms with van der Waals surface area (Å²) in [5.74, 6) is 0. The number of carbonyl (C=O) groups is 1. The predicted octanol–water partition coefficient (Wildman–Crippen LogP) is 1.82. The monoisotopic (exact) mass is 208 g/mol. The number of aromatic nitrogens is 2. The Morgan fingerprint density at radius 3 is 2.64 bits per heavy atom. The van der Waals surface area contributed by atoms with Crippen molar-refractivity contribution in [1.29, 1.82) is 0 Å². The van der Waals surface area contributed by atoms with Gasteiger partial charge in [-0.3, -0.25) is 0 Å². The van der Waals surface area contributed by atoms with Crippen molar-refractivity contribution < 1.29 is 22.7 Å². The second-order valence-electron chi connectivity index (χ2n) is 2.54. The third kappa shape index (κ3) is 2.48. The second kappa shape index (κ2) is 3.69. The molecule has 0 amide bonds. The minimum Gasteiger partial charge on any atom is -0.436 e. The highest BCUT2D eigenvalue weighted by Crippen LogP contribution is 2.22. The summed E-state index contributed by atoms with van der Waals surface area (Å²) in [4.78, 5) is 14.5. The van der Waals surface area contributed by atoms with E-state index in [4.69, 9.17) is 0 Å². The van der Waals surface area contributed by atoms with Crippen molar-refractivity contribution in [1.82, 2.24) is 9.55 Å². The van der Waals surface area contributed by atoms with Crippen LogP contribution in [0.15, 0.2) is 18.7 Å². The molecule has 0 unspecified atom stereocenters. The average molecular weight is 208 g/mol. The van der Waals surface area contributed by atoms with Crippen LogP contribution in [0.4, 0.5) is 18.0 Å². The van der Waals surface area contributed by atoms with Crippen molar-refractivity contribution in [3.8, 4) is 0 Å². The Morgan fingerprint density at radius 2 is 2.21 bits per heavy atom. The van der Waals surface area contributed by atoms with Gasteiger partial charge in [0.25, 0.3) is 0 Å². The summed E-state index contributed by atoms with van der Waals surface area (Å²) in [7, 11) is 0. The molecule has 0 saturated carbocycles. The average Bonchev–Trinajstić information content (AvgIpc) is 2.53. The number of imidazole rings is 1. The topological polar surface area (TPSA) is 44.1 Å². The molecule has 1 heterocycles. The molecule has 0 aliphatic heterocycles. The Labute approximate surface area is 77.3 Å². The number of carbonyl (C=O) groups excluding carboxylic acids is 1. The molecule has 14 heavy (non-hydrogen) atoms. The highest BCUT2D eigenvalue weighted by atomic mass is 19.4. The van der Waals surface area contributed by atoms with Crippen LogP contribution >= 0.6 is 0 Å². The Kier molecular flexibility index (Phi) is 2.78. The molecular weight excluding hydrogens is 201 g/mol. The molecule has 0 spiro atoms. The molecule has 1 atom stereocenters. The van der Waals surface area contributed by atoms with Gasteiger partial charge in [0.05, 0.1) is 0 Å². The van der Waals surface area contributed by atoms with Crippen LogP contribution in [-0.4, -0.2) is 27.9 Å². The molecule has 0 aromatic carbocycles. The fraction of sp³-hybridized carbons (Fsp3) is 0.429. The molecule has 0 N–H and O–H groups in total. The van der Waals surface area contributed by atoms with Crippen LogP contribution in [0.5, 0.6) is 0 Å². The van der Waals surface area contributed by atoms with Crippen LogP contribution in [0, 0.1) is 0 Å². The number of alkyl halides is 3. The van der Waals surface area contributed by atoms with Crippen molar-refractivity contribution in [2.45, 2.75) is 19.2 Å². The van der Waals surface area contributed by atoms with Crippen molar-refractivity contribution in [2.75, 3.05) is 0 Å². The zero-order chi connectivity index (χ0) is 10.8. The van der Waals surface area contributed by atoms with Gasteiger partial charge in [-0.1, -0.05) is 0 Å². The molecule has 78 valence electrons. The van der Waals surface area contributed by atoms with E-state index in [0.29, 0.717) is 0 Å². The smallest absolute Gasteiger partial charge is 0.425 e. The zero-order valence-corrected chi connectivity index (χ0v) is 7.15. The predicted molar refractivity (Wildman–Crippen MR) is 39.6 cm³/mol. The molecule has 0 fully saturated rings. The summed E-state index contributed by atoms with van der Waals surface area (Å²) < 4.78 is 40.8. The second-order valence-corrected chi connectivity index (χ2v) is 2.54. The number of rotatable bonds is 1. The van der Waals surface area contributed by atoms with Gasteiger partial charge < -0.3 is 4.74 Å². The first kappa shape index (κ1) is 10.6. The van der Waals surface area contributed by atoms with Gasteiger partial charge in [0, 0.05) is 12.4 Å². The molecule has 4 nitrogen and oxygen atoms in total. The van der Waals surface area contributed by atoms with Crippen LogP contribution in [0.25, 0.3) is 0 Å². The van der Waals surface area contributed by atoms with Crippen LogP contribution < -0.4 is 0 Å². The molecule has 1 aromatic rings. The normalized spacial score (nSPS) is 13.7. The quantitative estimate of drug-likeness (QED) is 0.707. The third-order valence-corrected chi connectivity index (χ3v) is 1.45. The van der Waals surface area contributed by atoms with Crippen molar-refractivity contribution in [3.05, 3.63) is 18.7 Å². The van der Waals surface area contributed by atoms with Gasteiger partial charge in [0.2, 0.25) is 0 Å². The lowest BCUT2D eigenvalue weighted by Gasteiger charge is -2.15. The molecule has 0 bridgehead atoms. The Balaban J connectivity index is 2.58. The van der Waals surface area contributed by atoms with E-state index in [0.717, 1.165) is 17.8 Å². The highest BCUT2D eigenvalue weighted by Gasteiger charge is 2.39. The van der Waals surface area contributed by atoms with Gasteiger partial charge in [-0.05, 0) is 6.92 Å². The molecule has 0 aliphatic carbocycles. The molecule has 0 radical (unpaired) electrons. The van der Waals surface area contributed by atoms with Crippen molar-refractivity contribution >= 4 is 6.09 Å². The van der Waals surface area contributed by atoms with Crippen LogP contribution in [0.1, 0.15) is 6.92 Å². The van der Waals surface area contributed by atoms with Gasteiger partial charge in [0.1, 0.15) is 6.33 Å². The van der Waals surface area contributed by atoms with Crippen molar-refractivity contribution in [2.24, 2.45) is 0 Å². The lowest BCUT2D eigenvalue weighted by molar-refractivity contribution is -0.197. The number of nitrogens with zero attached hydrogens (tertiary/aromatic N) is 2. The Bertz CT molecular complexity index is 307. The van der Waals surface area contributed by atoms with Gasteiger partial charge in [-0.2, -0.15) is 13.2 Å². The van der Waals surface area contributed by atoms with E-state index in [2.05, 4.69) is 9.72 Å². The maximum absolute atomic E-state index is 11.9. The summed E-state index contributed by atoms with van der Waals surface area (Å²) in [6, 6.07) is 0. The van der Waals surface area contributed by atoms with E-state index in [1.165, 1.54) is 12.4 Å². The number of halogens is 3. The third-order valence-electron chi connectivity index (χ3n) is 1.45. The maximum Gasteiger partial charge on any atom is 0.425 e. The highest BCUT2D eigenvalue weighted by molar-refractivity contribution is 5.70. The summed E-state index contributed by atoms with van der Waals surface area (Å²) in [5, 5.41) is 0. The first-order chi connectivity index (χ1) is 6.41. The molecule has 7 heteroatoms. The van der Waals surface area contributed by atoms with Crippen LogP contribution in [0.2, 0.25) is 0 Å². The number of ether oxygens (including phenoxy) is 1. The minimum absolute atomic E-state index is 0.759. The summed E-state index contributed by atoms with van der Waals surface area (Å²) in [6.07, 6.45) is -4.25. The van der Waals surface area contributed by atoms with E-state index in [1.54, 1.807) is 0 Å². The zero-order valence-electron chi connectivity index (χ0n) is 7.15. The van der Waals surface area contributed by atoms with Gasteiger partial charge in [-0.25, -0.2) is 14.3 Å². The van der Waals surface area contributed by atoms with E-state index in [1.807, 2.05) is 0 Å². The molecular formula is C7H7F3N2O2. The van der Waals surface area contributed by atoms with Crippen LogP contribution in [0.3, 0.4) is 0 Å². The minimum atomic E-state index is -4.55. The molecule has 1 rings (SSSR count). The summed E-state index contributed by atoms with van der Waals surface area (Å²) in [5.41, 5.74) is 0. The van der Waals surface area contributed by atoms with Gasteiger partial charge in [0.15, 0.2) is 6.10 Å². The first-order valence-electron chi connectivity index (χ1n) is 3.67. The van der Waals surface area contributed by atoms with Crippen molar-refractivity contribution in [3.63, 3.8) is 0 Å². The Morgan fingerprint density at radius 1 is 1.57 bits per heavy atom. The lowest BCUT2D eigenvalue weighted by atomic mass is 10.4. The van der Waals surface area contributed by atoms with Crippen LogP contribution in [-0.2, 0) is 4.74 Å². The van der Waals surface area contributed by atoms with E-state index in [-0.39, 0.29) is 0 Å². The standard InChI is InChI=1S/C7H7F3N2O2/c1-5(7(8,9)10)14-6(13)12-3-2-11-4-12/h2-5H,1H3/t5-/m1/s1. The largest absolute Gasteiger partial charge is 0.436 e. The number of hydrogen-bond donors (Lipinski definition) is 0. The summed E-state index contributed by atoms with van der Waals surface area (Å²) in [6.45, 7) is 0.759. The van der Waals surface area contributed by atoms with E-state index >= 15 is 0 Å². The summed E-state index contributed by atoms with van der Waals surface area (Å²) >= 11 is 0. The fourth-order valence-electron chi connectivity index (χ4n) is 0.646. The fourth-order valence-corrected chi connectivity index (χ4v) is 0.646. The van der Waals surface area contributed by atoms with E-state index in [9.17, 15) is 18.0 Å². The Hall–Kier alpha value is -1.53. The van der Waals surface area contributed by atoms with E-state index < -0.39 is 18.4 Å².